The Hall–Kier alpha value is -1.65. The summed E-state index contributed by atoms with van der Waals surface area (Å²) in [4.78, 5) is 0. The van der Waals surface area contributed by atoms with Gasteiger partial charge in [0.15, 0.2) is 8.32 Å². The van der Waals surface area contributed by atoms with Gasteiger partial charge >= 0.3 is 0 Å². The molecular formula is C68H110O12Si3. The quantitative estimate of drug-likeness (QED) is 0.104. The molecule has 0 saturated carbocycles. The van der Waals surface area contributed by atoms with Gasteiger partial charge in [-0.3, -0.25) is 0 Å². The summed E-state index contributed by atoms with van der Waals surface area (Å²) in [6.07, 6.45) is 9.09. The van der Waals surface area contributed by atoms with Crippen LogP contribution in [0.1, 0.15) is 182 Å². The lowest BCUT2D eigenvalue weighted by atomic mass is 9.72. The van der Waals surface area contributed by atoms with E-state index < -0.39 is 59.1 Å². The van der Waals surface area contributed by atoms with Gasteiger partial charge in [-0.1, -0.05) is 156 Å². The summed E-state index contributed by atoms with van der Waals surface area (Å²) in [7, 11) is -7.32. The number of ether oxygens (including phenoxy) is 8. The van der Waals surface area contributed by atoms with Gasteiger partial charge in [-0.2, -0.15) is 0 Å². The molecule has 0 amide bonds. The molecule has 12 nitrogen and oxygen atoms in total. The van der Waals surface area contributed by atoms with Gasteiger partial charge in [0.05, 0.1) is 90.6 Å². The molecule has 18 atom stereocenters. The van der Waals surface area contributed by atoms with Crippen molar-refractivity contribution in [2.24, 2.45) is 0 Å². The molecule has 15 heteroatoms. The Morgan fingerprint density at radius 3 is 1.82 bits per heavy atom. The van der Waals surface area contributed by atoms with Crippen LogP contribution in [0.15, 0.2) is 72.8 Å². The van der Waals surface area contributed by atoms with E-state index in [0.29, 0.717) is 42.5 Å². The molecule has 1 N–H and O–H groups in total. The van der Waals surface area contributed by atoms with Gasteiger partial charge in [0, 0.05) is 45.1 Å². The Morgan fingerprint density at radius 1 is 0.614 bits per heavy atom. The highest BCUT2D eigenvalue weighted by molar-refractivity contribution is 6.99. The maximum atomic E-state index is 10.8. The number of rotatable bonds is 15. The first-order chi connectivity index (χ1) is 38.7. The fraction of sp³-hybridized carbons (Fsp3) is 0.794. The number of hydrogen-bond donors (Lipinski definition) is 1. The van der Waals surface area contributed by atoms with Gasteiger partial charge in [0.2, 0.25) is 8.32 Å². The highest BCUT2D eigenvalue weighted by Crippen LogP contribution is 2.56. The van der Waals surface area contributed by atoms with Gasteiger partial charge in [-0.15, -0.1) is 0 Å². The molecule has 10 rings (SSSR count). The minimum atomic E-state index is -2.71. The molecule has 2 aromatic carbocycles. The van der Waals surface area contributed by atoms with Crippen LogP contribution in [0.2, 0.25) is 39.8 Å². The molecule has 0 spiro atoms. The van der Waals surface area contributed by atoms with Crippen LogP contribution in [0.25, 0.3) is 0 Å². The van der Waals surface area contributed by atoms with Crippen LogP contribution >= 0.6 is 0 Å². The second kappa shape index (κ2) is 23.3. The monoisotopic (exact) mass is 1200 g/mol. The summed E-state index contributed by atoms with van der Waals surface area (Å²) in [5.74, 6) is 0. The van der Waals surface area contributed by atoms with E-state index in [0.717, 1.165) is 44.9 Å². The molecular weight excluding hydrogens is 1090 g/mol. The van der Waals surface area contributed by atoms with Crippen LogP contribution in [-0.2, 0) is 51.2 Å². The first kappa shape index (κ1) is 64.3. The Kier molecular flexibility index (Phi) is 18.1. The summed E-state index contributed by atoms with van der Waals surface area (Å²) in [6.45, 7) is 44.2. The lowest BCUT2D eigenvalue weighted by Gasteiger charge is -2.63. The highest BCUT2D eigenvalue weighted by Gasteiger charge is 2.66. The number of aliphatic hydroxyl groups excluding tert-OH is 1. The maximum Gasteiger partial charge on any atom is 0.261 e. The molecule has 0 aromatic heterocycles. The van der Waals surface area contributed by atoms with Crippen LogP contribution in [-0.4, -0.2) is 151 Å². The molecule has 0 aliphatic carbocycles. The van der Waals surface area contributed by atoms with E-state index in [1.165, 1.54) is 10.4 Å². The van der Waals surface area contributed by atoms with Crippen molar-refractivity contribution in [2.45, 2.75) is 329 Å². The minimum Gasteiger partial charge on any atom is -0.410 e. The van der Waals surface area contributed by atoms with Gasteiger partial charge in [-0.05, 0) is 110 Å². The molecule has 0 radical (unpaired) electrons. The normalized spacial score (nSPS) is 40.5. The van der Waals surface area contributed by atoms with Crippen molar-refractivity contribution in [3.63, 3.8) is 0 Å². The number of fused-ring (bicyclic) bond motifs is 7. The smallest absolute Gasteiger partial charge is 0.261 e. The summed E-state index contributed by atoms with van der Waals surface area (Å²) in [5.41, 5.74) is -2.14. The predicted octanol–water partition coefficient (Wildman–Crippen LogP) is 13.1. The summed E-state index contributed by atoms with van der Waals surface area (Å²) < 4.78 is 80.9. The van der Waals surface area contributed by atoms with Gasteiger partial charge in [0.1, 0.15) is 23.4 Å². The predicted molar refractivity (Wildman–Crippen MR) is 336 cm³/mol. The second-order valence-electron chi connectivity index (χ2n) is 31.4. The van der Waals surface area contributed by atoms with Crippen LogP contribution in [0, 0.1) is 0 Å². The lowest BCUT2D eigenvalue weighted by Crippen LogP contribution is -2.73. The molecule has 8 aliphatic rings. The molecule has 7 saturated heterocycles. The molecule has 8 aliphatic heterocycles. The third-order valence-corrected chi connectivity index (χ3v) is 38.2. The first-order valence-electron chi connectivity index (χ1n) is 32.5. The Labute approximate surface area is 504 Å². The summed E-state index contributed by atoms with van der Waals surface area (Å²) in [6, 6.07) is 21.9. The standard InChI is InChI=1S/C68H110O12Si3/c1-44(2)82(45(3)4,46(5)6)78-60-37-47(27-26-36-70-83(63(10,11)12,48-28-22-20-23-29-48)49-30-24-21-25-31-49)71-59-40-58-65(14,79-68(59,60)17)41-55-52(73-58)38-54-50(72-55)32-33-56-66(15,77-54)43-67(16)57(75-56)39-53-51(76-67)34-35-64(13,61(42-69)74-53)80-81(18,19)62(7,8)9/h20-25,28-31,34-35,44-47,50-61,69H,26-27,32-33,36-43H2,1-19H3/t47-,50+,51+,52+,53-,54-,55-,56-,57+,58-,59+,60-,61+,64-,65+,66+,67-,68+/m0/s1. The van der Waals surface area contributed by atoms with Gasteiger partial charge < -0.3 is 56.3 Å². The second-order valence-corrected chi connectivity index (χ2v) is 45.9. The molecule has 83 heavy (non-hydrogen) atoms. The Balaban J connectivity index is 0.856. The van der Waals surface area contributed by atoms with E-state index in [-0.39, 0.29) is 89.9 Å². The van der Waals surface area contributed by atoms with Crippen molar-refractivity contribution in [1.82, 2.24) is 0 Å². The largest absolute Gasteiger partial charge is 0.410 e. The summed E-state index contributed by atoms with van der Waals surface area (Å²) >= 11 is 0. The zero-order valence-corrected chi connectivity index (χ0v) is 57.6. The molecule has 2 aromatic rings. The number of aliphatic hydroxyl groups is 1. The third kappa shape index (κ3) is 11.7. The molecule has 0 bridgehead atoms. The Bertz CT molecular complexity index is 2490. The van der Waals surface area contributed by atoms with E-state index in [1.54, 1.807) is 0 Å². The fourth-order valence-electron chi connectivity index (χ4n) is 17.2. The first-order valence-corrected chi connectivity index (χ1v) is 39.5. The highest BCUT2D eigenvalue weighted by atomic mass is 28.4. The van der Waals surface area contributed by atoms with Crippen LogP contribution in [0.4, 0.5) is 0 Å². The van der Waals surface area contributed by atoms with Crippen LogP contribution in [0.5, 0.6) is 0 Å². The topological polar surface area (TPSA) is 122 Å². The zero-order valence-electron chi connectivity index (χ0n) is 54.6. The van der Waals surface area contributed by atoms with Crippen molar-refractivity contribution in [2.75, 3.05) is 13.2 Å². The van der Waals surface area contributed by atoms with Crippen molar-refractivity contribution in [3.8, 4) is 0 Å². The van der Waals surface area contributed by atoms with E-state index in [4.69, 9.17) is 51.2 Å². The number of hydrogen-bond acceptors (Lipinski definition) is 12. The van der Waals surface area contributed by atoms with Crippen molar-refractivity contribution in [3.05, 3.63) is 72.8 Å². The van der Waals surface area contributed by atoms with Crippen molar-refractivity contribution < 1.29 is 56.3 Å². The number of benzene rings is 2. The molecule has 0 unspecified atom stereocenters. The van der Waals surface area contributed by atoms with Gasteiger partial charge in [0.25, 0.3) is 8.32 Å². The van der Waals surface area contributed by atoms with Crippen LogP contribution in [0.3, 0.4) is 0 Å². The molecule has 466 valence electrons. The van der Waals surface area contributed by atoms with Crippen molar-refractivity contribution in [1.29, 1.82) is 0 Å². The van der Waals surface area contributed by atoms with Gasteiger partial charge in [-0.25, -0.2) is 0 Å². The molecule has 7 fully saturated rings. The van der Waals surface area contributed by atoms with E-state index in [2.05, 4.69) is 204 Å². The van der Waals surface area contributed by atoms with E-state index in [1.807, 2.05) is 0 Å². The molecule has 8 heterocycles. The lowest BCUT2D eigenvalue weighted by molar-refractivity contribution is -0.368. The Morgan fingerprint density at radius 2 is 1.23 bits per heavy atom. The third-order valence-electron chi connectivity index (χ3n) is 22.5. The SMILES string of the molecule is CC(C)[Si](O[C@H]1C[C@H](CCCO[Si](c2ccccc2)(c2ccccc2)C(C)(C)C)O[C@@H]2C[C@@H]3O[C@@H]4C[C@@H]5O[C@]6(C)C[C@]7(C)O[C@@H]8C=C[C@](C)(O[Si](C)(C)C(C)(C)C)[C@@H](CO)O[C@H]8C[C@H]7O[C@H]6CC[C@H]5O[C@H]4C[C@@]3(C)O[C@@]12C)(C(C)C)C(C)C. The zero-order chi connectivity index (χ0) is 60.1. The summed E-state index contributed by atoms with van der Waals surface area (Å²) in [5, 5.41) is 13.3. The minimum absolute atomic E-state index is 0.0104. The van der Waals surface area contributed by atoms with E-state index >= 15 is 0 Å². The maximum absolute atomic E-state index is 10.8. The van der Waals surface area contributed by atoms with Crippen molar-refractivity contribution >= 4 is 35.3 Å². The average molecular weight is 1200 g/mol. The fourth-order valence-corrected chi connectivity index (χ4v) is 29.1. The average Bonchev–Trinajstić information content (AvgIpc) is 1.92. The van der Waals surface area contributed by atoms with Crippen LogP contribution < -0.4 is 10.4 Å². The van der Waals surface area contributed by atoms with E-state index in [9.17, 15) is 5.11 Å².